The fourth-order valence-electron chi connectivity index (χ4n) is 3.74. The van der Waals surface area contributed by atoms with E-state index in [1.54, 1.807) is 62.4 Å². The van der Waals surface area contributed by atoms with E-state index in [2.05, 4.69) is 10.5 Å². The molecule has 184 valence electrons. The van der Waals surface area contributed by atoms with Gasteiger partial charge >= 0.3 is 12.1 Å². The highest BCUT2D eigenvalue weighted by Gasteiger charge is 2.21. The standard InChI is InChI=1S/C27H22ClFN2O5/c1-15-25(30-27(34)35-16(2)21-5-3-4-6-22(21)28)26(36-31-15)18-9-7-17(8-10-18)19-11-12-23(29)20(13-19)14-24(32)33/h3-13,16H,14H2,1-2H3,(H,30,34)(H,32,33). The van der Waals surface area contributed by atoms with Crippen molar-refractivity contribution in [2.45, 2.75) is 26.4 Å². The zero-order valence-corrected chi connectivity index (χ0v) is 20.2. The Balaban J connectivity index is 1.52. The Hall–Kier alpha value is -4.17. The first-order valence-corrected chi connectivity index (χ1v) is 11.4. The topological polar surface area (TPSA) is 102 Å². The van der Waals surface area contributed by atoms with Gasteiger partial charge in [0.15, 0.2) is 5.76 Å². The molecule has 1 heterocycles. The van der Waals surface area contributed by atoms with E-state index in [-0.39, 0.29) is 5.56 Å². The summed E-state index contributed by atoms with van der Waals surface area (Å²) in [4.78, 5) is 23.6. The molecule has 0 saturated heterocycles. The van der Waals surface area contributed by atoms with E-state index >= 15 is 0 Å². The summed E-state index contributed by atoms with van der Waals surface area (Å²) in [5.41, 5.74) is 3.68. The molecule has 0 radical (unpaired) electrons. The fourth-order valence-corrected chi connectivity index (χ4v) is 4.03. The predicted octanol–water partition coefficient (Wildman–Crippen LogP) is 7.05. The Labute approximate surface area is 211 Å². The number of ether oxygens (including phenoxy) is 1. The maximum atomic E-state index is 13.9. The molecule has 4 aromatic rings. The van der Waals surface area contributed by atoms with Crippen molar-refractivity contribution in [3.8, 4) is 22.5 Å². The lowest BCUT2D eigenvalue weighted by atomic mass is 9.99. The van der Waals surface area contributed by atoms with Crippen molar-refractivity contribution in [3.63, 3.8) is 0 Å². The third-order valence-electron chi connectivity index (χ3n) is 5.58. The van der Waals surface area contributed by atoms with Crippen LogP contribution in [-0.4, -0.2) is 22.3 Å². The van der Waals surface area contributed by atoms with E-state index in [9.17, 15) is 14.0 Å². The smallest absolute Gasteiger partial charge is 0.412 e. The van der Waals surface area contributed by atoms with Crippen LogP contribution in [0, 0.1) is 12.7 Å². The Morgan fingerprint density at radius 2 is 1.75 bits per heavy atom. The van der Waals surface area contributed by atoms with Gasteiger partial charge in [-0.25, -0.2) is 9.18 Å². The van der Waals surface area contributed by atoms with Gasteiger partial charge in [-0.2, -0.15) is 0 Å². The third kappa shape index (κ3) is 5.55. The Kier molecular flexibility index (Phi) is 7.36. The summed E-state index contributed by atoms with van der Waals surface area (Å²) < 4.78 is 24.9. The van der Waals surface area contributed by atoms with Crippen LogP contribution < -0.4 is 5.32 Å². The van der Waals surface area contributed by atoms with E-state index < -0.39 is 30.4 Å². The monoisotopic (exact) mass is 508 g/mol. The van der Waals surface area contributed by atoms with Crippen LogP contribution in [0.1, 0.15) is 29.8 Å². The number of rotatable bonds is 7. The lowest BCUT2D eigenvalue weighted by Crippen LogP contribution is -2.17. The summed E-state index contributed by atoms with van der Waals surface area (Å²) in [7, 11) is 0. The maximum Gasteiger partial charge on any atom is 0.412 e. The van der Waals surface area contributed by atoms with Gasteiger partial charge in [0, 0.05) is 16.1 Å². The molecule has 0 fully saturated rings. The zero-order valence-electron chi connectivity index (χ0n) is 19.4. The van der Waals surface area contributed by atoms with Crippen molar-refractivity contribution in [2.75, 3.05) is 5.32 Å². The number of carboxylic acids is 1. The van der Waals surface area contributed by atoms with E-state index in [0.29, 0.717) is 38.9 Å². The average Bonchev–Trinajstić information content (AvgIpc) is 3.20. The van der Waals surface area contributed by atoms with Gasteiger partial charge in [0.2, 0.25) is 0 Å². The number of benzene rings is 3. The minimum absolute atomic E-state index is 0.103. The van der Waals surface area contributed by atoms with Crippen molar-refractivity contribution in [1.82, 2.24) is 5.16 Å². The Morgan fingerprint density at radius 3 is 2.44 bits per heavy atom. The van der Waals surface area contributed by atoms with Gasteiger partial charge in [-0.3, -0.25) is 10.1 Å². The highest BCUT2D eigenvalue weighted by Crippen LogP contribution is 2.33. The molecule has 1 unspecified atom stereocenters. The first kappa shape index (κ1) is 24.9. The highest BCUT2D eigenvalue weighted by molar-refractivity contribution is 6.31. The molecule has 7 nitrogen and oxygen atoms in total. The summed E-state index contributed by atoms with van der Waals surface area (Å²) >= 11 is 6.19. The SMILES string of the molecule is Cc1noc(-c2ccc(-c3ccc(F)c(CC(=O)O)c3)cc2)c1NC(=O)OC(C)c1ccccc1Cl. The van der Waals surface area contributed by atoms with Crippen LogP contribution in [0.2, 0.25) is 5.02 Å². The molecule has 0 aliphatic rings. The van der Waals surface area contributed by atoms with Crippen molar-refractivity contribution in [1.29, 1.82) is 0 Å². The normalized spacial score (nSPS) is 11.7. The minimum Gasteiger partial charge on any atom is -0.481 e. The molecule has 36 heavy (non-hydrogen) atoms. The van der Waals surface area contributed by atoms with Gasteiger partial charge in [-0.05, 0) is 48.7 Å². The number of carboxylic acid groups (broad SMARTS) is 1. The molecule has 1 atom stereocenters. The summed E-state index contributed by atoms with van der Waals surface area (Å²) in [6.07, 6.45) is -1.68. The number of hydrogen-bond donors (Lipinski definition) is 2. The zero-order chi connectivity index (χ0) is 25.8. The highest BCUT2D eigenvalue weighted by atomic mass is 35.5. The van der Waals surface area contributed by atoms with Crippen molar-refractivity contribution < 1.29 is 28.3 Å². The number of nitrogens with one attached hydrogen (secondary N) is 1. The van der Waals surface area contributed by atoms with Crippen LogP contribution in [-0.2, 0) is 16.0 Å². The Bertz CT molecular complexity index is 1420. The van der Waals surface area contributed by atoms with Gasteiger partial charge in [0.25, 0.3) is 0 Å². The van der Waals surface area contributed by atoms with Crippen molar-refractivity contribution in [3.05, 3.63) is 94.4 Å². The first-order valence-electron chi connectivity index (χ1n) is 11.0. The van der Waals surface area contributed by atoms with Gasteiger partial charge < -0.3 is 14.4 Å². The second-order valence-corrected chi connectivity index (χ2v) is 8.53. The summed E-state index contributed by atoms with van der Waals surface area (Å²) in [5.74, 6) is -1.34. The van der Waals surface area contributed by atoms with Crippen molar-refractivity contribution in [2.24, 2.45) is 0 Å². The molecule has 0 spiro atoms. The van der Waals surface area contributed by atoms with E-state index in [4.69, 9.17) is 26.0 Å². The summed E-state index contributed by atoms with van der Waals surface area (Å²) in [6.45, 7) is 3.41. The minimum atomic E-state index is -1.11. The molecular weight excluding hydrogens is 487 g/mol. The number of aliphatic carboxylic acids is 1. The lowest BCUT2D eigenvalue weighted by molar-refractivity contribution is -0.136. The second-order valence-electron chi connectivity index (χ2n) is 8.12. The summed E-state index contributed by atoms with van der Waals surface area (Å²) in [6, 6.07) is 18.5. The second kappa shape index (κ2) is 10.6. The molecule has 9 heteroatoms. The molecule has 2 N–H and O–H groups in total. The van der Waals surface area contributed by atoms with E-state index in [0.717, 1.165) is 5.56 Å². The van der Waals surface area contributed by atoms with E-state index in [1.165, 1.54) is 12.1 Å². The number of halogens is 2. The van der Waals surface area contributed by atoms with Gasteiger partial charge in [0.05, 0.1) is 6.42 Å². The number of hydrogen-bond acceptors (Lipinski definition) is 5. The van der Waals surface area contributed by atoms with Crippen LogP contribution in [0.4, 0.5) is 14.9 Å². The van der Waals surface area contributed by atoms with Crippen LogP contribution in [0.5, 0.6) is 0 Å². The summed E-state index contributed by atoms with van der Waals surface area (Å²) in [5, 5.41) is 16.2. The molecule has 0 aliphatic heterocycles. The molecule has 3 aromatic carbocycles. The third-order valence-corrected chi connectivity index (χ3v) is 5.93. The quantitative estimate of drug-likeness (QED) is 0.277. The maximum absolute atomic E-state index is 13.9. The van der Waals surface area contributed by atoms with Crippen LogP contribution in [0.3, 0.4) is 0 Å². The largest absolute Gasteiger partial charge is 0.481 e. The van der Waals surface area contributed by atoms with Gasteiger partial charge in [0.1, 0.15) is 23.3 Å². The molecule has 4 rings (SSSR count). The molecule has 0 saturated carbocycles. The number of nitrogens with zero attached hydrogens (tertiary/aromatic N) is 1. The lowest BCUT2D eigenvalue weighted by Gasteiger charge is -2.15. The first-order chi connectivity index (χ1) is 17.2. The van der Waals surface area contributed by atoms with Gasteiger partial charge in [-0.15, -0.1) is 0 Å². The van der Waals surface area contributed by atoms with Crippen LogP contribution in [0.25, 0.3) is 22.5 Å². The average molecular weight is 509 g/mol. The number of carbonyl (C=O) groups excluding carboxylic acids is 1. The van der Waals surface area contributed by atoms with Crippen LogP contribution >= 0.6 is 11.6 Å². The number of aromatic nitrogens is 1. The number of aryl methyl sites for hydroxylation is 1. The number of anilines is 1. The predicted molar refractivity (Wildman–Crippen MR) is 133 cm³/mol. The van der Waals surface area contributed by atoms with Crippen molar-refractivity contribution >= 4 is 29.4 Å². The molecule has 1 aromatic heterocycles. The van der Waals surface area contributed by atoms with E-state index in [1.807, 2.05) is 6.07 Å². The molecule has 0 bridgehead atoms. The van der Waals surface area contributed by atoms with Crippen LogP contribution in [0.15, 0.2) is 71.3 Å². The number of amides is 1. The fraction of sp³-hybridized carbons (Fsp3) is 0.148. The number of carbonyl (C=O) groups is 2. The Morgan fingerprint density at radius 1 is 1.08 bits per heavy atom. The molecule has 0 aliphatic carbocycles. The molecule has 1 amide bonds. The van der Waals surface area contributed by atoms with Gasteiger partial charge in [-0.1, -0.05) is 65.3 Å². The molecular formula is C27H22ClFN2O5.